The molecule has 0 amide bonds. The number of methoxy groups -OCH3 is 1. The van der Waals surface area contributed by atoms with Gasteiger partial charge in [0.15, 0.2) is 11.2 Å². The molecule has 0 bridgehead atoms. The normalized spacial score (nSPS) is 28.0. The summed E-state index contributed by atoms with van der Waals surface area (Å²) < 4.78 is 13.3. The number of hydrogen-bond donors (Lipinski definition) is 2. The van der Waals surface area contributed by atoms with Crippen LogP contribution in [0.1, 0.15) is 27.0 Å². The first-order valence-electron chi connectivity index (χ1n) is 7.80. The third-order valence-corrected chi connectivity index (χ3v) is 4.63. The van der Waals surface area contributed by atoms with Gasteiger partial charge >= 0.3 is 0 Å². The summed E-state index contributed by atoms with van der Waals surface area (Å²) in [6.45, 7) is 7.05. The molecule has 1 aliphatic rings. The first-order chi connectivity index (χ1) is 10.9. The molecule has 8 heteroatoms. The van der Waals surface area contributed by atoms with E-state index in [2.05, 4.69) is 35.7 Å². The Kier molecular flexibility index (Phi) is 4.11. The standard InChI is InChI=1S/C15H23N5O3/c1-7(2)10-8(3)14(23-9(10)5-22-4)20-6-17-11-12(20)18-15(16)19-13(11)21/h6-10,14H,5H2,1-4H3,(H3,16,18,19,21)/t8?,9-,10?,14-/m1/s1. The van der Waals surface area contributed by atoms with E-state index in [1.165, 1.54) is 0 Å². The van der Waals surface area contributed by atoms with Crippen LogP contribution in [0.25, 0.3) is 11.2 Å². The topological polar surface area (TPSA) is 108 Å². The molecule has 126 valence electrons. The van der Waals surface area contributed by atoms with Crippen molar-refractivity contribution in [3.63, 3.8) is 0 Å². The summed E-state index contributed by atoms with van der Waals surface area (Å²) in [6.07, 6.45) is 1.35. The summed E-state index contributed by atoms with van der Waals surface area (Å²) in [5.74, 6) is 1.10. The molecule has 3 rings (SSSR count). The highest BCUT2D eigenvalue weighted by Gasteiger charge is 2.44. The van der Waals surface area contributed by atoms with E-state index < -0.39 is 0 Å². The minimum absolute atomic E-state index is 0.00297. The lowest BCUT2D eigenvalue weighted by atomic mass is 9.82. The lowest BCUT2D eigenvalue weighted by molar-refractivity contribution is -0.0456. The van der Waals surface area contributed by atoms with Gasteiger partial charge in [0.2, 0.25) is 5.95 Å². The fourth-order valence-electron chi connectivity index (χ4n) is 3.72. The molecule has 1 saturated heterocycles. The van der Waals surface area contributed by atoms with E-state index >= 15 is 0 Å². The van der Waals surface area contributed by atoms with E-state index in [-0.39, 0.29) is 35.3 Å². The van der Waals surface area contributed by atoms with E-state index in [9.17, 15) is 4.79 Å². The van der Waals surface area contributed by atoms with Crippen LogP contribution in [0.15, 0.2) is 11.1 Å². The van der Waals surface area contributed by atoms with Gasteiger partial charge in [0, 0.05) is 13.0 Å². The Morgan fingerprint density at radius 2 is 2.26 bits per heavy atom. The Hall–Kier alpha value is -1.93. The highest BCUT2D eigenvalue weighted by molar-refractivity contribution is 5.70. The third kappa shape index (κ3) is 2.61. The second-order valence-electron chi connectivity index (χ2n) is 6.48. The van der Waals surface area contributed by atoms with Crippen LogP contribution in [0.3, 0.4) is 0 Å². The summed E-state index contributed by atoms with van der Waals surface area (Å²) in [5.41, 5.74) is 6.04. The van der Waals surface area contributed by atoms with Crippen molar-refractivity contribution in [1.82, 2.24) is 19.5 Å². The van der Waals surface area contributed by atoms with Crippen LogP contribution >= 0.6 is 0 Å². The summed E-state index contributed by atoms with van der Waals surface area (Å²) in [5, 5.41) is 0. The molecule has 8 nitrogen and oxygen atoms in total. The lowest BCUT2D eigenvalue weighted by Crippen LogP contribution is -2.28. The van der Waals surface area contributed by atoms with Crippen molar-refractivity contribution in [3.05, 3.63) is 16.7 Å². The molecule has 0 aromatic carbocycles. The molecule has 3 heterocycles. The second-order valence-corrected chi connectivity index (χ2v) is 6.48. The number of imidazole rings is 1. The molecular formula is C15H23N5O3. The number of hydrogen-bond acceptors (Lipinski definition) is 6. The average Bonchev–Trinajstić information content (AvgIpc) is 3.00. The van der Waals surface area contributed by atoms with Crippen molar-refractivity contribution in [1.29, 1.82) is 0 Å². The van der Waals surface area contributed by atoms with Gasteiger partial charge in [-0.3, -0.25) is 14.3 Å². The Morgan fingerprint density at radius 1 is 1.52 bits per heavy atom. The van der Waals surface area contributed by atoms with E-state index in [1.807, 2.05) is 0 Å². The van der Waals surface area contributed by atoms with Gasteiger partial charge in [-0.15, -0.1) is 0 Å². The molecule has 4 atom stereocenters. The molecule has 0 spiro atoms. The number of nitrogens with zero attached hydrogens (tertiary/aromatic N) is 3. The molecule has 1 fully saturated rings. The van der Waals surface area contributed by atoms with Gasteiger partial charge in [0.25, 0.3) is 5.56 Å². The smallest absolute Gasteiger partial charge is 0.280 e. The number of anilines is 1. The van der Waals surface area contributed by atoms with Gasteiger partial charge in [-0.1, -0.05) is 20.8 Å². The van der Waals surface area contributed by atoms with Gasteiger partial charge in [0.05, 0.1) is 19.0 Å². The maximum Gasteiger partial charge on any atom is 0.280 e. The molecule has 2 unspecified atom stereocenters. The minimum atomic E-state index is -0.342. The van der Waals surface area contributed by atoms with E-state index in [0.717, 1.165) is 0 Å². The van der Waals surface area contributed by atoms with Crippen LogP contribution in [0.5, 0.6) is 0 Å². The predicted molar refractivity (Wildman–Crippen MR) is 85.8 cm³/mol. The number of nitrogen functional groups attached to an aromatic ring is 1. The van der Waals surface area contributed by atoms with E-state index in [1.54, 1.807) is 18.0 Å². The lowest BCUT2D eigenvalue weighted by Gasteiger charge is -2.24. The molecule has 3 N–H and O–H groups in total. The number of aromatic nitrogens is 4. The zero-order chi connectivity index (χ0) is 16.7. The molecule has 2 aromatic rings. The van der Waals surface area contributed by atoms with Crippen LogP contribution in [-0.4, -0.2) is 39.3 Å². The van der Waals surface area contributed by atoms with E-state index in [0.29, 0.717) is 24.1 Å². The Morgan fingerprint density at radius 3 is 2.91 bits per heavy atom. The molecule has 0 radical (unpaired) electrons. The number of fused-ring (bicyclic) bond motifs is 1. The van der Waals surface area contributed by atoms with Crippen molar-refractivity contribution >= 4 is 17.1 Å². The number of rotatable bonds is 4. The van der Waals surface area contributed by atoms with Gasteiger partial charge in [0.1, 0.15) is 6.23 Å². The molecule has 0 aliphatic carbocycles. The fourth-order valence-corrected chi connectivity index (χ4v) is 3.72. The fraction of sp³-hybridized carbons (Fsp3) is 0.667. The van der Waals surface area contributed by atoms with Crippen LogP contribution in [-0.2, 0) is 9.47 Å². The minimum Gasteiger partial charge on any atom is -0.382 e. The number of nitrogens with one attached hydrogen (secondary N) is 1. The van der Waals surface area contributed by atoms with Crippen molar-refractivity contribution in [2.45, 2.75) is 33.1 Å². The monoisotopic (exact) mass is 321 g/mol. The number of ether oxygens (including phenoxy) is 2. The number of nitrogens with two attached hydrogens (primary N) is 1. The van der Waals surface area contributed by atoms with Crippen LogP contribution in [0, 0.1) is 17.8 Å². The number of aromatic amines is 1. The highest BCUT2D eigenvalue weighted by atomic mass is 16.5. The van der Waals surface area contributed by atoms with Gasteiger partial charge < -0.3 is 15.2 Å². The van der Waals surface area contributed by atoms with Crippen molar-refractivity contribution < 1.29 is 9.47 Å². The Labute approximate surface area is 134 Å². The summed E-state index contributed by atoms with van der Waals surface area (Å²) in [4.78, 5) is 22.8. The molecule has 2 aromatic heterocycles. The molecule has 0 saturated carbocycles. The number of H-pyrrole nitrogens is 1. The largest absolute Gasteiger partial charge is 0.382 e. The Bertz CT molecular complexity index is 753. The van der Waals surface area contributed by atoms with E-state index in [4.69, 9.17) is 15.2 Å². The summed E-state index contributed by atoms with van der Waals surface area (Å²) in [6, 6.07) is 0. The summed E-state index contributed by atoms with van der Waals surface area (Å²) >= 11 is 0. The molecule has 1 aliphatic heterocycles. The van der Waals surface area contributed by atoms with Crippen LogP contribution in [0.4, 0.5) is 5.95 Å². The average molecular weight is 321 g/mol. The van der Waals surface area contributed by atoms with Crippen LogP contribution in [0.2, 0.25) is 0 Å². The zero-order valence-corrected chi connectivity index (χ0v) is 13.8. The first-order valence-corrected chi connectivity index (χ1v) is 7.80. The van der Waals surface area contributed by atoms with Crippen LogP contribution < -0.4 is 11.3 Å². The van der Waals surface area contributed by atoms with Crippen molar-refractivity contribution in [2.24, 2.45) is 17.8 Å². The molecular weight excluding hydrogens is 298 g/mol. The summed E-state index contributed by atoms with van der Waals surface area (Å²) in [7, 11) is 1.67. The van der Waals surface area contributed by atoms with Gasteiger partial charge in [-0.2, -0.15) is 4.98 Å². The highest BCUT2D eigenvalue weighted by Crippen LogP contribution is 2.43. The predicted octanol–water partition coefficient (Wildman–Crippen LogP) is 1.15. The van der Waals surface area contributed by atoms with Gasteiger partial charge in [-0.25, -0.2) is 4.98 Å². The SMILES string of the molecule is COC[C@H]1O[C@@H](n2cnc3c(=O)[nH]c(N)nc32)C(C)C1C(C)C. The zero-order valence-electron chi connectivity index (χ0n) is 13.8. The first kappa shape index (κ1) is 15.9. The van der Waals surface area contributed by atoms with Crippen molar-refractivity contribution in [2.75, 3.05) is 19.5 Å². The quantitative estimate of drug-likeness (QED) is 0.874. The van der Waals surface area contributed by atoms with Crippen molar-refractivity contribution in [3.8, 4) is 0 Å². The second kappa shape index (κ2) is 5.93. The van der Waals surface area contributed by atoms with Gasteiger partial charge in [-0.05, 0) is 11.8 Å². The maximum absolute atomic E-state index is 11.9. The third-order valence-electron chi connectivity index (χ3n) is 4.63. The Balaban J connectivity index is 2.03. The maximum atomic E-state index is 11.9. The molecule has 23 heavy (non-hydrogen) atoms.